The Morgan fingerprint density at radius 1 is 1.24 bits per heavy atom. The summed E-state index contributed by atoms with van der Waals surface area (Å²) >= 11 is 0. The maximum absolute atomic E-state index is 5.09. The SMILES string of the molecule is COc1ccc(C=Nc2c(C)noc2C)cc1. The van der Waals surface area contributed by atoms with Crippen molar-refractivity contribution in [2.24, 2.45) is 4.99 Å². The van der Waals surface area contributed by atoms with Gasteiger partial charge >= 0.3 is 0 Å². The fourth-order valence-corrected chi connectivity index (χ4v) is 1.49. The van der Waals surface area contributed by atoms with Crippen LogP contribution in [0.15, 0.2) is 33.8 Å². The molecule has 0 saturated carbocycles. The molecular formula is C13H14N2O2. The van der Waals surface area contributed by atoms with E-state index in [0.717, 1.165) is 28.5 Å². The normalized spacial score (nSPS) is 11.0. The lowest BCUT2D eigenvalue weighted by Gasteiger charge is -1.98. The average Bonchev–Trinajstić information content (AvgIpc) is 2.67. The highest BCUT2D eigenvalue weighted by Gasteiger charge is 2.05. The molecule has 1 heterocycles. The van der Waals surface area contributed by atoms with E-state index in [2.05, 4.69) is 10.1 Å². The molecule has 17 heavy (non-hydrogen) atoms. The van der Waals surface area contributed by atoms with Crippen LogP contribution in [0.2, 0.25) is 0 Å². The summed E-state index contributed by atoms with van der Waals surface area (Å²) in [6.07, 6.45) is 1.78. The molecule has 0 aliphatic rings. The Balaban J connectivity index is 2.20. The fraction of sp³-hybridized carbons (Fsp3) is 0.231. The van der Waals surface area contributed by atoms with Gasteiger partial charge in [-0.25, -0.2) is 0 Å². The van der Waals surface area contributed by atoms with Crippen LogP contribution in [-0.2, 0) is 0 Å². The number of hydrogen-bond acceptors (Lipinski definition) is 4. The number of aryl methyl sites for hydroxylation is 2. The first kappa shape index (κ1) is 11.4. The van der Waals surface area contributed by atoms with Crippen LogP contribution in [0.4, 0.5) is 5.69 Å². The zero-order valence-corrected chi connectivity index (χ0v) is 10.1. The molecule has 0 radical (unpaired) electrons. The minimum absolute atomic E-state index is 0.729. The molecule has 0 amide bonds. The number of ether oxygens (including phenoxy) is 1. The Hall–Kier alpha value is -2.10. The molecule has 1 aromatic carbocycles. The zero-order valence-electron chi connectivity index (χ0n) is 10.1. The van der Waals surface area contributed by atoms with Crippen molar-refractivity contribution in [1.82, 2.24) is 5.16 Å². The van der Waals surface area contributed by atoms with Crippen molar-refractivity contribution in [3.05, 3.63) is 41.3 Å². The second-order valence-electron chi connectivity index (χ2n) is 3.70. The topological polar surface area (TPSA) is 47.6 Å². The van der Waals surface area contributed by atoms with Crippen LogP contribution in [0, 0.1) is 13.8 Å². The van der Waals surface area contributed by atoms with Crippen LogP contribution < -0.4 is 4.74 Å². The molecule has 0 fully saturated rings. The summed E-state index contributed by atoms with van der Waals surface area (Å²) in [5, 5.41) is 3.85. The molecule has 0 unspecified atom stereocenters. The maximum atomic E-state index is 5.09. The van der Waals surface area contributed by atoms with Gasteiger partial charge in [0.05, 0.1) is 7.11 Å². The van der Waals surface area contributed by atoms with Crippen LogP contribution in [0.25, 0.3) is 0 Å². The van der Waals surface area contributed by atoms with E-state index < -0.39 is 0 Å². The van der Waals surface area contributed by atoms with Crippen molar-refractivity contribution in [3.8, 4) is 5.75 Å². The Morgan fingerprint density at radius 2 is 1.94 bits per heavy atom. The quantitative estimate of drug-likeness (QED) is 0.761. The van der Waals surface area contributed by atoms with Crippen LogP contribution in [-0.4, -0.2) is 18.5 Å². The number of nitrogens with zero attached hydrogens (tertiary/aromatic N) is 2. The predicted molar refractivity (Wildman–Crippen MR) is 66.2 cm³/mol. The van der Waals surface area contributed by atoms with Gasteiger partial charge in [0.1, 0.15) is 17.1 Å². The summed E-state index contributed by atoms with van der Waals surface area (Å²) in [4.78, 5) is 4.37. The summed E-state index contributed by atoms with van der Waals surface area (Å²) in [5.74, 6) is 1.56. The molecule has 0 aliphatic heterocycles. The van der Waals surface area contributed by atoms with Crippen molar-refractivity contribution in [3.63, 3.8) is 0 Å². The third-order valence-electron chi connectivity index (χ3n) is 2.45. The fourth-order valence-electron chi connectivity index (χ4n) is 1.49. The number of benzene rings is 1. The first-order chi connectivity index (χ1) is 8.20. The molecule has 88 valence electrons. The molecule has 0 saturated heterocycles. The van der Waals surface area contributed by atoms with Crippen molar-refractivity contribution in [1.29, 1.82) is 0 Å². The predicted octanol–water partition coefficient (Wildman–Crippen LogP) is 3.05. The Kier molecular flexibility index (Phi) is 3.23. The highest BCUT2D eigenvalue weighted by molar-refractivity contribution is 5.82. The van der Waals surface area contributed by atoms with Crippen molar-refractivity contribution >= 4 is 11.9 Å². The van der Waals surface area contributed by atoms with E-state index in [-0.39, 0.29) is 0 Å². The number of rotatable bonds is 3. The van der Waals surface area contributed by atoms with Gasteiger partial charge in [-0.2, -0.15) is 0 Å². The van der Waals surface area contributed by atoms with Gasteiger partial charge in [-0.05, 0) is 43.7 Å². The minimum Gasteiger partial charge on any atom is -0.497 e. The molecule has 0 bridgehead atoms. The van der Waals surface area contributed by atoms with Gasteiger partial charge in [0.2, 0.25) is 0 Å². The summed E-state index contributed by atoms with van der Waals surface area (Å²) in [5.41, 5.74) is 2.60. The van der Waals surface area contributed by atoms with Crippen LogP contribution in [0.5, 0.6) is 5.75 Å². The first-order valence-corrected chi connectivity index (χ1v) is 5.31. The van der Waals surface area contributed by atoms with Gasteiger partial charge in [0, 0.05) is 6.21 Å². The number of methoxy groups -OCH3 is 1. The maximum Gasteiger partial charge on any atom is 0.159 e. The molecule has 2 aromatic rings. The number of hydrogen-bond donors (Lipinski definition) is 0. The third-order valence-corrected chi connectivity index (χ3v) is 2.45. The molecule has 2 rings (SSSR count). The molecule has 0 spiro atoms. The van der Waals surface area contributed by atoms with Crippen LogP contribution >= 0.6 is 0 Å². The smallest absolute Gasteiger partial charge is 0.159 e. The summed E-state index contributed by atoms with van der Waals surface area (Å²) in [6, 6.07) is 7.68. The van der Waals surface area contributed by atoms with Crippen molar-refractivity contribution < 1.29 is 9.26 Å². The second kappa shape index (κ2) is 4.82. The Morgan fingerprint density at radius 3 is 2.47 bits per heavy atom. The van der Waals surface area contributed by atoms with E-state index in [1.54, 1.807) is 13.3 Å². The molecule has 4 heteroatoms. The van der Waals surface area contributed by atoms with Gasteiger partial charge in [-0.1, -0.05) is 5.16 Å². The summed E-state index contributed by atoms with van der Waals surface area (Å²) < 4.78 is 10.1. The summed E-state index contributed by atoms with van der Waals surface area (Å²) in [7, 11) is 1.65. The molecule has 0 N–H and O–H groups in total. The standard InChI is InChI=1S/C13H14N2O2/c1-9-13(10(2)17-15-9)14-8-11-4-6-12(16-3)7-5-11/h4-8H,1-3H3. The average molecular weight is 230 g/mol. The number of aliphatic imine (C=N–C) groups is 1. The highest BCUT2D eigenvalue weighted by Crippen LogP contribution is 2.22. The minimum atomic E-state index is 0.729. The zero-order chi connectivity index (χ0) is 12.3. The van der Waals surface area contributed by atoms with E-state index in [9.17, 15) is 0 Å². The third kappa shape index (κ3) is 2.53. The molecule has 0 aliphatic carbocycles. The Bertz CT molecular complexity index is 507. The van der Waals surface area contributed by atoms with E-state index in [4.69, 9.17) is 9.26 Å². The lowest BCUT2D eigenvalue weighted by Crippen LogP contribution is -1.84. The van der Waals surface area contributed by atoms with E-state index >= 15 is 0 Å². The highest BCUT2D eigenvalue weighted by atomic mass is 16.5. The van der Waals surface area contributed by atoms with Gasteiger partial charge in [0.25, 0.3) is 0 Å². The molecule has 1 aromatic heterocycles. The van der Waals surface area contributed by atoms with Crippen LogP contribution in [0.3, 0.4) is 0 Å². The Labute approximate surface area is 99.9 Å². The van der Waals surface area contributed by atoms with Crippen LogP contribution in [0.1, 0.15) is 17.0 Å². The number of aromatic nitrogens is 1. The van der Waals surface area contributed by atoms with E-state index in [1.165, 1.54) is 0 Å². The van der Waals surface area contributed by atoms with Gasteiger partial charge < -0.3 is 9.26 Å². The van der Waals surface area contributed by atoms with Gasteiger partial charge in [-0.3, -0.25) is 4.99 Å². The molecule has 0 atom stereocenters. The van der Waals surface area contributed by atoms with Crippen molar-refractivity contribution in [2.75, 3.05) is 7.11 Å². The molecular weight excluding hydrogens is 216 g/mol. The second-order valence-corrected chi connectivity index (χ2v) is 3.70. The monoisotopic (exact) mass is 230 g/mol. The molecule has 4 nitrogen and oxygen atoms in total. The van der Waals surface area contributed by atoms with Gasteiger partial charge in [-0.15, -0.1) is 0 Å². The lowest BCUT2D eigenvalue weighted by molar-refractivity contribution is 0.393. The van der Waals surface area contributed by atoms with Crippen molar-refractivity contribution in [2.45, 2.75) is 13.8 Å². The first-order valence-electron chi connectivity index (χ1n) is 5.31. The summed E-state index contributed by atoms with van der Waals surface area (Å²) in [6.45, 7) is 3.72. The van der Waals surface area contributed by atoms with E-state index in [1.807, 2.05) is 38.1 Å². The lowest BCUT2D eigenvalue weighted by atomic mass is 10.2. The van der Waals surface area contributed by atoms with Gasteiger partial charge in [0.15, 0.2) is 5.76 Å². The largest absolute Gasteiger partial charge is 0.497 e. The van der Waals surface area contributed by atoms with E-state index in [0.29, 0.717) is 0 Å².